The molecule has 7 nitrogen and oxygen atoms in total. The van der Waals surface area contributed by atoms with Gasteiger partial charge in [0.1, 0.15) is 5.82 Å². The van der Waals surface area contributed by atoms with Crippen molar-refractivity contribution in [1.29, 1.82) is 0 Å². The van der Waals surface area contributed by atoms with Crippen LogP contribution < -0.4 is 5.32 Å². The van der Waals surface area contributed by atoms with Gasteiger partial charge in [-0.15, -0.1) is 0 Å². The van der Waals surface area contributed by atoms with Gasteiger partial charge in [0.2, 0.25) is 0 Å². The summed E-state index contributed by atoms with van der Waals surface area (Å²) in [5.74, 6) is 0.393. The second-order valence-electron chi connectivity index (χ2n) is 5.47. The fraction of sp³-hybridized carbons (Fsp3) is 0.667. The van der Waals surface area contributed by atoms with Crippen molar-refractivity contribution in [1.82, 2.24) is 19.8 Å². The molecule has 1 fully saturated rings. The standard InChI is InChI=1S/C15H23F2N5O2/c1-3-24-13(23)11-5-4-7-21(10-11)15(18-2)20-9-12-19-6-8-22(12)14(16)17/h6,8,11,14H,3-5,7,9-10H2,1-2H3,(H,18,20). The lowest BCUT2D eigenvalue weighted by molar-refractivity contribution is -0.149. The van der Waals surface area contributed by atoms with Crippen molar-refractivity contribution in [3.63, 3.8) is 0 Å². The number of piperidine rings is 1. The molecular formula is C15H23F2N5O2. The first kappa shape index (κ1) is 18.2. The molecule has 24 heavy (non-hydrogen) atoms. The maximum absolute atomic E-state index is 12.8. The Kier molecular flexibility index (Phi) is 6.51. The number of hydrogen-bond donors (Lipinski definition) is 1. The van der Waals surface area contributed by atoms with Crippen molar-refractivity contribution in [3.8, 4) is 0 Å². The van der Waals surface area contributed by atoms with Gasteiger partial charge in [0.25, 0.3) is 0 Å². The molecule has 1 aromatic heterocycles. The summed E-state index contributed by atoms with van der Waals surface area (Å²) in [5, 5.41) is 3.04. The Labute approximate surface area is 139 Å². The van der Waals surface area contributed by atoms with Crippen LogP contribution in [0.1, 0.15) is 32.1 Å². The molecule has 0 spiro atoms. The van der Waals surface area contributed by atoms with E-state index in [1.54, 1.807) is 14.0 Å². The van der Waals surface area contributed by atoms with E-state index in [2.05, 4.69) is 15.3 Å². The van der Waals surface area contributed by atoms with E-state index >= 15 is 0 Å². The predicted molar refractivity (Wildman–Crippen MR) is 84.6 cm³/mol. The zero-order valence-electron chi connectivity index (χ0n) is 13.9. The van der Waals surface area contributed by atoms with Crippen LogP contribution in [-0.2, 0) is 16.1 Å². The quantitative estimate of drug-likeness (QED) is 0.500. The van der Waals surface area contributed by atoms with E-state index in [0.717, 1.165) is 24.0 Å². The molecule has 2 heterocycles. The third-order valence-corrected chi connectivity index (χ3v) is 3.92. The molecule has 1 aromatic rings. The summed E-state index contributed by atoms with van der Waals surface area (Å²) in [5.41, 5.74) is 0. The lowest BCUT2D eigenvalue weighted by Crippen LogP contribution is -2.48. The number of aromatic nitrogens is 2. The molecule has 134 valence electrons. The van der Waals surface area contributed by atoms with E-state index in [1.807, 2.05) is 4.90 Å². The summed E-state index contributed by atoms with van der Waals surface area (Å²) in [7, 11) is 1.62. The predicted octanol–water partition coefficient (Wildman–Crippen LogP) is 1.63. The molecule has 2 rings (SSSR count). The van der Waals surface area contributed by atoms with Crippen LogP contribution in [0.2, 0.25) is 0 Å². The van der Waals surface area contributed by atoms with Crippen LogP contribution in [-0.4, -0.2) is 53.1 Å². The molecule has 1 saturated heterocycles. The van der Waals surface area contributed by atoms with Gasteiger partial charge in [-0.25, -0.2) is 4.98 Å². The first-order valence-corrected chi connectivity index (χ1v) is 7.98. The smallest absolute Gasteiger partial charge is 0.319 e. The molecule has 9 heteroatoms. The van der Waals surface area contributed by atoms with E-state index < -0.39 is 6.55 Å². The minimum atomic E-state index is -2.63. The maximum atomic E-state index is 12.8. The topological polar surface area (TPSA) is 71.8 Å². The molecule has 1 aliphatic heterocycles. The number of imidazole rings is 1. The summed E-state index contributed by atoms with van der Waals surface area (Å²) in [6.07, 6.45) is 4.20. The highest BCUT2D eigenvalue weighted by Gasteiger charge is 2.28. The SMILES string of the molecule is CCOC(=O)C1CCCN(C(=NC)NCc2nccn2C(F)F)C1. The van der Waals surface area contributed by atoms with Crippen molar-refractivity contribution in [3.05, 3.63) is 18.2 Å². The van der Waals surface area contributed by atoms with E-state index in [9.17, 15) is 13.6 Å². The fourth-order valence-corrected chi connectivity index (χ4v) is 2.77. The van der Waals surface area contributed by atoms with Gasteiger partial charge in [-0.2, -0.15) is 8.78 Å². The number of likely N-dealkylation sites (tertiary alicyclic amines) is 1. The van der Waals surface area contributed by atoms with Gasteiger partial charge in [-0.3, -0.25) is 14.4 Å². The van der Waals surface area contributed by atoms with Gasteiger partial charge in [0.15, 0.2) is 5.96 Å². The number of nitrogens with one attached hydrogen (secondary N) is 1. The lowest BCUT2D eigenvalue weighted by atomic mass is 9.98. The second-order valence-corrected chi connectivity index (χ2v) is 5.47. The minimum absolute atomic E-state index is 0.130. The minimum Gasteiger partial charge on any atom is -0.466 e. The zero-order chi connectivity index (χ0) is 17.5. The molecule has 1 N–H and O–H groups in total. The Morgan fingerprint density at radius 3 is 3.04 bits per heavy atom. The van der Waals surface area contributed by atoms with Crippen molar-refractivity contribution < 1.29 is 18.3 Å². The van der Waals surface area contributed by atoms with E-state index in [0.29, 0.717) is 19.1 Å². The number of ether oxygens (including phenoxy) is 1. The normalized spacial score (nSPS) is 18.8. The number of rotatable bonds is 5. The van der Waals surface area contributed by atoms with Crippen molar-refractivity contribution in [2.24, 2.45) is 10.9 Å². The van der Waals surface area contributed by atoms with Crippen molar-refractivity contribution in [2.75, 3.05) is 26.7 Å². The van der Waals surface area contributed by atoms with Crippen LogP contribution >= 0.6 is 0 Å². The van der Waals surface area contributed by atoms with Gasteiger partial charge in [0, 0.05) is 32.5 Å². The third-order valence-electron chi connectivity index (χ3n) is 3.92. The first-order chi connectivity index (χ1) is 11.6. The molecule has 0 aliphatic carbocycles. The van der Waals surface area contributed by atoms with Crippen LogP contribution in [0.5, 0.6) is 0 Å². The van der Waals surface area contributed by atoms with Gasteiger partial charge in [-0.05, 0) is 19.8 Å². The van der Waals surface area contributed by atoms with Gasteiger partial charge >= 0.3 is 12.5 Å². The average Bonchev–Trinajstić information content (AvgIpc) is 3.05. The number of esters is 1. The molecule has 0 saturated carbocycles. The highest BCUT2D eigenvalue weighted by atomic mass is 19.3. The number of halogens is 2. The zero-order valence-corrected chi connectivity index (χ0v) is 13.9. The second kappa shape index (κ2) is 8.60. The highest BCUT2D eigenvalue weighted by Crippen LogP contribution is 2.18. The monoisotopic (exact) mass is 343 g/mol. The van der Waals surface area contributed by atoms with Crippen LogP contribution in [0.4, 0.5) is 8.78 Å². The number of nitrogens with zero attached hydrogens (tertiary/aromatic N) is 4. The molecule has 1 atom stereocenters. The lowest BCUT2D eigenvalue weighted by Gasteiger charge is -2.33. The first-order valence-electron chi connectivity index (χ1n) is 7.98. The summed E-state index contributed by atoms with van der Waals surface area (Å²) in [6.45, 7) is 0.892. The van der Waals surface area contributed by atoms with Gasteiger partial charge < -0.3 is 15.0 Å². The van der Waals surface area contributed by atoms with Crippen LogP contribution in [0, 0.1) is 5.92 Å². The molecular weight excluding hydrogens is 320 g/mol. The number of guanidine groups is 1. The number of carbonyl (C=O) groups excluding carboxylic acids is 1. The maximum Gasteiger partial charge on any atom is 0.319 e. The number of hydrogen-bond acceptors (Lipinski definition) is 4. The van der Waals surface area contributed by atoms with Crippen molar-refractivity contribution >= 4 is 11.9 Å². The molecule has 0 bridgehead atoms. The summed E-state index contributed by atoms with van der Waals surface area (Å²) < 4.78 is 31.6. The molecule has 0 radical (unpaired) electrons. The summed E-state index contributed by atoms with van der Waals surface area (Å²) in [6, 6.07) is 0. The Balaban J connectivity index is 1.96. The largest absolute Gasteiger partial charge is 0.466 e. The summed E-state index contributed by atoms with van der Waals surface area (Å²) >= 11 is 0. The number of carbonyl (C=O) groups is 1. The molecule has 0 aromatic carbocycles. The van der Waals surface area contributed by atoms with E-state index in [4.69, 9.17) is 4.74 Å². The van der Waals surface area contributed by atoms with E-state index in [1.165, 1.54) is 12.4 Å². The Hall–Kier alpha value is -2.19. The number of aliphatic imine (C=N–C) groups is 1. The molecule has 0 amide bonds. The van der Waals surface area contributed by atoms with Gasteiger partial charge in [0.05, 0.1) is 19.1 Å². The molecule has 1 unspecified atom stereocenters. The van der Waals surface area contributed by atoms with E-state index in [-0.39, 0.29) is 24.3 Å². The highest BCUT2D eigenvalue weighted by molar-refractivity contribution is 5.81. The Morgan fingerprint density at radius 2 is 2.38 bits per heavy atom. The molecule has 1 aliphatic rings. The van der Waals surface area contributed by atoms with Gasteiger partial charge in [-0.1, -0.05) is 0 Å². The average molecular weight is 343 g/mol. The Bertz CT molecular complexity index is 576. The van der Waals surface area contributed by atoms with Crippen LogP contribution in [0.15, 0.2) is 17.4 Å². The third kappa shape index (κ3) is 4.42. The van der Waals surface area contributed by atoms with Crippen LogP contribution in [0.3, 0.4) is 0 Å². The Morgan fingerprint density at radius 1 is 1.58 bits per heavy atom. The fourth-order valence-electron chi connectivity index (χ4n) is 2.77. The number of alkyl halides is 2. The van der Waals surface area contributed by atoms with Crippen molar-refractivity contribution in [2.45, 2.75) is 32.9 Å². The van der Waals surface area contributed by atoms with Crippen LogP contribution in [0.25, 0.3) is 0 Å². The summed E-state index contributed by atoms with van der Waals surface area (Å²) in [4.78, 5) is 22.0.